The molecule has 0 saturated heterocycles. The molecule has 4 rings (SSSR count). The van der Waals surface area contributed by atoms with Crippen LogP contribution < -0.4 is 14.8 Å². The van der Waals surface area contributed by atoms with E-state index in [-0.39, 0.29) is 12.7 Å². The molecule has 1 aromatic heterocycles. The van der Waals surface area contributed by atoms with Crippen molar-refractivity contribution in [3.63, 3.8) is 0 Å². The number of H-pyrrole nitrogens is 1. The smallest absolute Gasteiger partial charge is 0.255 e. The van der Waals surface area contributed by atoms with Crippen LogP contribution in [0, 0.1) is 3.95 Å². The van der Waals surface area contributed by atoms with Crippen LogP contribution in [0.25, 0.3) is 10.2 Å². The molecule has 2 N–H and O–H groups in total. The van der Waals surface area contributed by atoms with Crippen LogP contribution in [0.5, 0.6) is 11.5 Å². The summed E-state index contributed by atoms with van der Waals surface area (Å²) in [5.41, 5.74) is 2.21. The van der Waals surface area contributed by atoms with E-state index in [2.05, 4.69) is 10.3 Å². The van der Waals surface area contributed by atoms with Gasteiger partial charge in [0, 0.05) is 11.3 Å². The molecular weight excluding hydrogens is 320 g/mol. The standard InChI is InChI=1S/C15H10N2O3S2/c18-14(8-1-4-11-12(5-8)20-7-19-11)16-9-2-3-10-13(6-9)22-15(21)17-10/h1-6H,7H2,(H,16,18)(H,17,21). The number of thiazole rings is 1. The molecule has 0 atom stereocenters. The third-order valence-electron chi connectivity index (χ3n) is 3.31. The molecule has 110 valence electrons. The van der Waals surface area contributed by atoms with E-state index in [4.69, 9.17) is 21.7 Å². The molecular formula is C15H10N2O3S2. The predicted molar refractivity (Wildman–Crippen MR) is 87.5 cm³/mol. The van der Waals surface area contributed by atoms with Gasteiger partial charge in [0.15, 0.2) is 15.5 Å². The quantitative estimate of drug-likeness (QED) is 0.699. The summed E-state index contributed by atoms with van der Waals surface area (Å²) in [6.07, 6.45) is 0. The lowest BCUT2D eigenvalue weighted by molar-refractivity contribution is 0.102. The Balaban J connectivity index is 1.61. The monoisotopic (exact) mass is 330 g/mol. The number of nitrogens with one attached hydrogen (secondary N) is 2. The number of rotatable bonds is 2. The molecule has 0 spiro atoms. The lowest BCUT2D eigenvalue weighted by atomic mass is 10.2. The summed E-state index contributed by atoms with van der Waals surface area (Å²) in [7, 11) is 0. The van der Waals surface area contributed by atoms with E-state index < -0.39 is 0 Å². The van der Waals surface area contributed by atoms with Crippen molar-refractivity contribution >= 4 is 45.4 Å². The molecule has 0 radical (unpaired) electrons. The first-order valence-electron chi connectivity index (χ1n) is 6.53. The minimum absolute atomic E-state index is 0.190. The number of aromatic amines is 1. The number of anilines is 1. The first-order valence-corrected chi connectivity index (χ1v) is 7.75. The molecule has 1 amide bonds. The molecule has 0 fully saturated rings. The van der Waals surface area contributed by atoms with Crippen molar-refractivity contribution in [1.29, 1.82) is 0 Å². The topological polar surface area (TPSA) is 63.4 Å². The minimum Gasteiger partial charge on any atom is -0.454 e. The number of carbonyl (C=O) groups excluding carboxylic acids is 1. The molecule has 2 aromatic carbocycles. The van der Waals surface area contributed by atoms with Gasteiger partial charge in [-0.15, -0.1) is 11.3 Å². The summed E-state index contributed by atoms with van der Waals surface area (Å²) < 4.78 is 12.2. The Morgan fingerprint density at radius 3 is 2.95 bits per heavy atom. The average molecular weight is 330 g/mol. The summed E-state index contributed by atoms with van der Waals surface area (Å²) in [4.78, 5) is 15.4. The second-order valence-electron chi connectivity index (χ2n) is 4.75. The molecule has 5 nitrogen and oxygen atoms in total. The van der Waals surface area contributed by atoms with Gasteiger partial charge in [-0.25, -0.2) is 0 Å². The zero-order chi connectivity index (χ0) is 15.1. The zero-order valence-corrected chi connectivity index (χ0v) is 12.8. The fourth-order valence-corrected chi connectivity index (χ4v) is 3.42. The SMILES string of the molecule is O=C(Nc1ccc2[nH]c(=S)sc2c1)c1ccc2c(c1)OCO2. The number of benzene rings is 2. The van der Waals surface area contributed by atoms with Gasteiger partial charge in [-0.3, -0.25) is 4.79 Å². The highest BCUT2D eigenvalue weighted by Gasteiger charge is 2.16. The van der Waals surface area contributed by atoms with Crippen LogP contribution in [0.4, 0.5) is 5.69 Å². The van der Waals surface area contributed by atoms with Gasteiger partial charge >= 0.3 is 0 Å². The van der Waals surface area contributed by atoms with Gasteiger partial charge in [0.1, 0.15) is 0 Å². The van der Waals surface area contributed by atoms with Crippen LogP contribution in [0.15, 0.2) is 36.4 Å². The highest BCUT2D eigenvalue weighted by atomic mass is 32.1. The molecule has 0 unspecified atom stereocenters. The Morgan fingerprint density at radius 1 is 1.18 bits per heavy atom. The first kappa shape index (κ1) is 13.3. The van der Waals surface area contributed by atoms with Gasteiger partial charge in [0.25, 0.3) is 5.91 Å². The highest BCUT2D eigenvalue weighted by Crippen LogP contribution is 2.32. The second kappa shape index (κ2) is 5.11. The maximum Gasteiger partial charge on any atom is 0.255 e. The van der Waals surface area contributed by atoms with Crippen LogP contribution in [-0.4, -0.2) is 17.7 Å². The second-order valence-corrected chi connectivity index (χ2v) is 6.47. The Kier molecular flexibility index (Phi) is 3.09. The minimum atomic E-state index is -0.197. The van der Waals surface area contributed by atoms with E-state index in [0.29, 0.717) is 21.0 Å². The Morgan fingerprint density at radius 2 is 2.05 bits per heavy atom. The number of hydrogen-bond donors (Lipinski definition) is 2. The van der Waals surface area contributed by atoms with E-state index in [1.807, 2.05) is 18.2 Å². The maximum absolute atomic E-state index is 12.3. The number of aromatic nitrogens is 1. The van der Waals surface area contributed by atoms with Crippen LogP contribution in [0.3, 0.4) is 0 Å². The van der Waals surface area contributed by atoms with Gasteiger partial charge in [0.2, 0.25) is 6.79 Å². The summed E-state index contributed by atoms with van der Waals surface area (Å²) in [6, 6.07) is 10.8. The summed E-state index contributed by atoms with van der Waals surface area (Å²) in [6.45, 7) is 0.190. The van der Waals surface area contributed by atoms with Gasteiger partial charge < -0.3 is 19.8 Å². The van der Waals surface area contributed by atoms with Crippen molar-refractivity contribution in [3.8, 4) is 11.5 Å². The predicted octanol–water partition coefficient (Wildman–Crippen LogP) is 3.94. The molecule has 22 heavy (non-hydrogen) atoms. The van der Waals surface area contributed by atoms with Crippen molar-refractivity contribution in [3.05, 3.63) is 45.9 Å². The molecule has 3 aromatic rings. The normalized spacial score (nSPS) is 12.5. The maximum atomic E-state index is 12.3. The Bertz CT molecular complexity index is 945. The molecule has 1 aliphatic heterocycles. The summed E-state index contributed by atoms with van der Waals surface area (Å²) in [5, 5.41) is 2.87. The fraction of sp³-hybridized carbons (Fsp3) is 0.0667. The van der Waals surface area contributed by atoms with Crippen molar-refractivity contribution in [2.24, 2.45) is 0 Å². The van der Waals surface area contributed by atoms with Crippen LogP contribution in [0.1, 0.15) is 10.4 Å². The van der Waals surface area contributed by atoms with E-state index >= 15 is 0 Å². The average Bonchev–Trinajstić information content (AvgIpc) is 3.10. The number of hydrogen-bond acceptors (Lipinski definition) is 5. The van der Waals surface area contributed by atoms with Gasteiger partial charge in [-0.2, -0.15) is 0 Å². The molecule has 7 heteroatoms. The van der Waals surface area contributed by atoms with Gasteiger partial charge in [-0.05, 0) is 48.6 Å². The van der Waals surface area contributed by atoms with Crippen molar-refractivity contribution in [1.82, 2.24) is 4.98 Å². The number of amides is 1. The van der Waals surface area contributed by atoms with E-state index in [9.17, 15) is 4.79 Å². The Hall–Kier alpha value is -2.38. The highest BCUT2D eigenvalue weighted by molar-refractivity contribution is 7.73. The van der Waals surface area contributed by atoms with E-state index in [1.165, 1.54) is 11.3 Å². The molecule has 1 aliphatic rings. The van der Waals surface area contributed by atoms with Crippen molar-refractivity contribution in [2.75, 3.05) is 12.1 Å². The third kappa shape index (κ3) is 2.34. The molecule has 2 heterocycles. The van der Waals surface area contributed by atoms with E-state index in [0.717, 1.165) is 15.9 Å². The number of carbonyl (C=O) groups is 1. The first-order chi connectivity index (χ1) is 10.7. The summed E-state index contributed by atoms with van der Waals surface area (Å²) >= 11 is 6.59. The molecule has 0 saturated carbocycles. The zero-order valence-electron chi connectivity index (χ0n) is 11.2. The lowest BCUT2D eigenvalue weighted by Crippen LogP contribution is -2.11. The van der Waals surface area contributed by atoms with Crippen LogP contribution in [0.2, 0.25) is 0 Å². The summed E-state index contributed by atoms with van der Waals surface area (Å²) in [5.74, 6) is 1.05. The Labute approximate surface area is 134 Å². The van der Waals surface area contributed by atoms with E-state index in [1.54, 1.807) is 18.2 Å². The number of ether oxygens (including phenoxy) is 2. The molecule has 0 bridgehead atoms. The van der Waals surface area contributed by atoms with Crippen molar-refractivity contribution in [2.45, 2.75) is 0 Å². The van der Waals surface area contributed by atoms with Crippen LogP contribution >= 0.6 is 23.6 Å². The van der Waals surface area contributed by atoms with Crippen molar-refractivity contribution < 1.29 is 14.3 Å². The fourth-order valence-electron chi connectivity index (χ4n) is 2.26. The molecule has 0 aliphatic carbocycles. The van der Waals surface area contributed by atoms with Crippen LogP contribution in [-0.2, 0) is 0 Å². The number of fused-ring (bicyclic) bond motifs is 2. The largest absolute Gasteiger partial charge is 0.454 e. The third-order valence-corrected chi connectivity index (χ3v) is 4.51. The van der Waals surface area contributed by atoms with Gasteiger partial charge in [-0.1, -0.05) is 0 Å². The lowest BCUT2D eigenvalue weighted by Gasteiger charge is -2.06. The van der Waals surface area contributed by atoms with Gasteiger partial charge in [0.05, 0.1) is 10.2 Å².